The molecule has 0 amide bonds. The number of aryl methyl sites for hydroxylation is 2. The zero-order valence-corrected chi connectivity index (χ0v) is 15.8. The van der Waals surface area contributed by atoms with Crippen molar-refractivity contribution in [3.63, 3.8) is 0 Å². The summed E-state index contributed by atoms with van der Waals surface area (Å²) in [7, 11) is 1.64. The van der Waals surface area contributed by atoms with E-state index in [0.29, 0.717) is 19.1 Å². The minimum absolute atomic E-state index is 0.524. The SMILES string of the molecule is COc1ccc(OCCNc2ccnc(Nc3cc(C)cc(C)c3)n2)cc1. The summed E-state index contributed by atoms with van der Waals surface area (Å²) in [6, 6.07) is 15.6. The van der Waals surface area contributed by atoms with Crippen LogP contribution in [0.15, 0.2) is 54.7 Å². The Morgan fingerprint density at radius 3 is 2.33 bits per heavy atom. The normalized spacial score (nSPS) is 10.3. The predicted molar refractivity (Wildman–Crippen MR) is 108 cm³/mol. The second kappa shape index (κ2) is 8.89. The van der Waals surface area contributed by atoms with E-state index in [1.54, 1.807) is 13.3 Å². The van der Waals surface area contributed by atoms with Crippen molar-refractivity contribution in [2.45, 2.75) is 13.8 Å². The molecule has 0 saturated carbocycles. The lowest BCUT2D eigenvalue weighted by molar-refractivity contribution is 0.331. The number of hydrogen-bond donors (Lipinski definition) is 2. The van der Waals surface area contributed by atoms with Crippen LogP contribution in [0.5, 0.6) is 11.5 Å². The van der Waals surface area contributed by atoms with Crippen molar-refractivity contribution >= 4 is 17.5 Å². The number of methoxy groups -OCH3 is 1. The number of aromatic nitrogens is 2. The fourth-order valence-corrected chi connectivity index (χ4v) is 2.71. The van der Waals surface area contributed by atoms with Gasteiger partial charge in [0.05, 0.1) is 13.7 Å². The molecule has 0 fully saturated rings. The summed E-state index contributed by atoms with van der Waals surface area (Å²) in [5.41, 5.74) is 3.37. The summed E-state index contributed by atoms with van der Waals surface area (Å²) in [4.78, 5) is 8.77. The van der Waals surface area contributed by atoms with Crippen LogP contribution in [0.3, 0.4) is 0 Å². The monoisotopic (exact) mass is 364 g/mol. The number of ether oxygens (including phenoxy) is 2. The summed E-state index contributed by atoms with van der Waals surface area (Å²) in [5, 5.41) is 6.49. The van der Waals surface area contributed by atoms with E-state index in [9.17, 15) is 0 Å². The van der Waals surface area contributed by atoms with E-state index < -0.39 is 0 Å². The molecule has 1 aromatic heterocycles. The van der Waals surface area contributed by atoms with Gasteiger partial charge in [-0.25, -0.2) is 4.98 Å². The summed E-state index contributed by atoms with van der Waals surface area (Å²) in [5.74, 6) is 2.92. The highest BCUT2D eigenvalue weighted by Gasteiger charge is 2.02. The van der Waals surface area contributed by atoms with Gasteiger partial charge in [-0.1, -0.05) is 6.07 Å². The summed E-state index contributed by atoms with van der Waals surface area (Å²) >= 11 is 0. The zero-order valence-electron chi connectivity index (χ0n) is 15.8. The largest absolute Gasteiger partial charge is 0.497 e. The zero-order chi connectivity index (χ0) is 19.1. The molecule has 0 aliphatic carbocycles. The second-order valence-electron chi connectivity index (χ2n) is 6.22. The molecule has 6 heteroatoms. The van der Waals surface area contributed by atoms with Crippen molar-refractivity contribution in [2.24, 2.45) is 0 Å². The van der Waals surface area contributed by atoms with Crippen LogP contribution in [0.4, 0.5) is 17.5 Å². The molecule has 0 saturated heterocycles. The van der Waals surface area contributed by atoms with Gasteiger partial charge in [-0.3, -0.25) is 0 Å². The predicted octanol–water partition coefficient (Wildman–Crippen LogP) is 4.34. The Labute approximate surface area is 159 Å². The van der Waals surface area contributed by atoms with Crippen LogP contribution in [0.25, 0.3) is 0 Å². The summed E-state index contributed by atoms with van der Waals surface area (Å²) < 4.78 is 10.8. The lowest BCUT2D eigenvalue weighted by Gasteiger charge is -2.10. The van der Waals surface area contributed by atoms with Crippen molar-refractivity contribution in [2.75, 3.05) is 30.9 Å². The molecule has 0 atom stereocenters. The number of hydrogen-bond acceptors (Lipinski definition) is 6. The standard InChI is InChI=1S/C21H24N4O2/c1-15-12-16(2)14-17(13-15)24-21-23-9-8-20(25-21)22-10-11-27-19-6-4-18(26-3)5-7-19/h4-9,12-14H,10-11H2,1-3H3,(H2,22,23,24,25). The third-order valence-corrected chi connectivity index (χ3v) is 3.87. The van der Waals surface area contributed by atoms with Crippen LogP contribution in [0, 0.1) is 13.8 Å². The third-order valence-electron chi connectivity index (χ3n) is 3.87. The van der Waals surface area contributed by atoms with Crippen LogP contribution in [0.2, 0.25) is 0 Å². The van der Waals surface area contributed by atoms with Gasteiger partial charge in [0, 0.05) is 11.9 Å². The van der Waals surface area contributed by atoms with E-state index >= 15 is 0 Å². The molecule has 27 heavy (non-hydrogen) atoms. The minimum atomic E-state index is 0.524. The Morgan fingerprint density at radius 2 is 1.63 bits per heavy atom. The van der Waals surface area contributed by atoms with Crippen molar-refractivity contribution < 1.29 is 9.47 Å². The van der Waals surface area contributed by atoms with Crippen LogP contribution < -0.4 is 20.1 Å². The highest BCUT2D eigenvalue weighted by Crippen LogP contribution is 2.18. The van der Waals surface area contributed by atoms with Gasteiger partial charge in [0.15, 0.2) is 0 Å². The molecular weight excluding hydrogens is 340 g/mol. The summed E-state index contributed by atoms with van der Waals surface area (Å²) in [6.07, 6.45) is 1.73. The Hall–Kier alpha value is -3.28. The molecule has 0 bridgehead atoms. The first-order valence-corrected chi connectivity index (χ1v) is 8.81. The minimum Gasteiger partial charge on any atom is -0.497 e. The quantitative estimate of drug-likeness (QED) is 0.580. The van der Waals surface area contributed by atoms with Gasteiger partial charge >= 0.3 is 0 Å². The van der Waals surface area contributed by atoms with E-state index in [1.807, 2.05) is 30.3 Å². The van der Waals surface area contributed by atoms with E-state index in [1.165, 1.54) is 11.1 Å². The van der Waals surface area contributed by atoms with Crippen molar-refractivity contribution in [3.05, 3.63) is 65.9 Å². The second-order valence-corrected chi connectivity index (χ2v) is 6.22. The smallest absolute Gasteiger partial charge is 0.229 e. The number of benzene rings is 2. The van der Waals surface area contributed by atoms with Gasteiger partial charge in [-0.2, -0.15) is 4.98 Å². The Kier molecular flexibility index (Phi) is 6.10. The Balaban J connectivity index is 1.51. The Bertz CT molecular complexity index is 861. The van der Waals surface area contributed by atoms with Crippen LogP contribution in [0.1, 0.15) is 11.1 Å². The molecular formula is C21H24N4O2. The van der Waals surface area contributed by atoms with Crippen LogP contribution in [-0.4, -0.2) is 30.2 Å². The molecule has 1 heterocycles. The molecule has 3 rings (SSSR count). The average molecular weight is 364 g/mol. The highest BCUT2D eigenvalue weighted by molar-refractivity contribution is 5.57. The molecule has 0 aliphatic heterocycles. The topological polar surface area (TPSA) is 68.3 Å². The molecule has 6 nitrogen and oxygen atoms in total. The molecule has 140 valence electrons. The van der Waals surface area contributed by atoms with Gasteiger partial charge in [0.1, 0.15) is 23.9 Å². The molecule has 0 unspecified atom stereocenters. The van der Waals surface area contributed by atoms with Gasteiger partial charge < -0.3 is 20.1 Å². The fraction of sp³-hybridized carbons (Fsp3) is 0.238. The molecule has 0 radical (unpaired) electrons. The first-order valence-electron chi connectivity index (χ1n) is 8.81. The Morgan fingerprint density at radius 1 is 0.926 bits per heavy atom. The summed E-state index contributed by atoms with van der Waals surface area (Å²) in [6.45, 7) is 5.29. The fourth-order valence-electron chi connectivity index (χ4n) is 2.71. The number of nitrogens with one attached hydrogen (secondary N) is 2. The molecule has 2 N–H and O–H groups in total. The van der Waals surface area contributed by atoms with E-state index in [4.69, 9.17) is 9.47 Å². The van der Waals surface area contributed by atoms with Crippen molar-refractivity contribution in [1.82, 2.24) is 9.97 Å². The molecule has 3 aromatic rings. The molecule has 0 aliphatic rings. The lowest BCUT2D eigenvalue weighted by Crippen LogP contribution is -2.13. The van der Waals surface area contributed by atoms with Crippen molar-refractivity contribution in [1.29, 1.82) is 0 Å². The van der Waals surface area contributed by atoms with Crippen molar-refractivity contribution in [3.8, 4) is 11.5 Å². The number of nitrogens with zero attached hydrogens (tertiary/aromatic N) is 2. The lowest BCUT2D eigenvalue weighted by atomic mass is 10.1. The maximum Gasteiger partial charge on any atom is 0.229 e. The van der Waals surface area contributed by atoms with Gasteiger partial charge in [0.25, 0.3) is 0 Å². The average Bonchev–Trinajstić information content (AvgIpc) is 2.65. The highest BCUT2D eigenvalue weighted by atomic mass is 16.5. The number of rotatable bonds is 8. The first kappa shape index (κ1) is 18.5. The third kappa shape index (κ3) is 5.60. The van der Waals surface area contributed by atoms with Gasteiger partial charge in [-0.05, 0) is 67.4 Å². The maximum atomic E-state index is 5.70. The van der Waals surface area contributed by atoms with E-state index in [2.05, 4.69) is 52.6 Å². The van der Waals surface area contributed by atoms with Crippen LogP contribution in [-0.2, 0) is 0 Å². The van der Waals surface area contributed by atoms with Gasteiger partial charge in [-0.15, -0.1) is 0 Å². The molecule has 2 aromatic carbocycles. The molecule has 0 spiro atoms. The van der Waals surface area contributed by atoms with E-state index in [0.717, 1.165) is 23.0 Å². The number of anilines is 3. The maximum absolute atomic E-state index is 5.70. The van der Waals surface area contributed by atoms with E-state index in [-0.39, 0.29) is 0 Å². The van der Waals surface area contributed by atoms with Crippen LogP contribution >= 0.6 is 0 Å². The first-order chi connectivity index (χ1) is 13.1. The van der Waals surface area contributed by atoms with Gasteiger partial charge in [0.2, 0.25) is 5.95 Å².